The van der Waals surface area contributed by atoms with Crippen LogP contribution < -0.4 is 20.3 Å². The number of halogens is 1. The van der Waals surface area contributed by atoms with Crippen molar-refractivity contribution in [3.05, 3.63) is 54.0 Å². The minimum atomic E-state index is -3.44. The van der Waals surface area contributed by atoms with Crippen molar-refractivity contribution in [2.24, 2.45) is 4.99 Å². The number of nitrogens with zero attached hydrogens (tertiary/aromatic N) is 3. The van der Waals surface area contributed by atoms with Crippen LogP contribution in [-0.4, -0.2) is 52.6 Å². The summed E-state index contributed by atoms with van der Waals surface area (Å²) in [4.78, 5) is 10.5. The van der Waals surface area contributed by atoms with Crippen LogP contribution in [0.15, 0.2) is 52.5 Å². The molecule has 1 aliphatic rings. The maximum atomic E-state index is 13.9. The Bertz CT molecular complexity index is 965. The van der Waals surface area contributed by atoms with Gasteiger partial charge in [0.2, 0.25) is 10.0 Å². The van der Waals surface area contributed by atoms with Crippen molar-refractivity contribution in [1.82, 2.24) is 20.3 Å². The van der Waals surface area contributed by atoms with E-state index in [1.807, 2.05) is 4.90 Å². The standard InChI is InChI=1S/C19H25FN6O2S/c1-21-19(24-12-14-5-7-16(8-6-14)29(27,28)22-2)25-15-9-11-26(13-15)18-17(20)4-3-10-23-18/h3-8,10,15,22H,9,11-13H2,1-2H3,(H2,21,24,25). The first-order valence-corrected chi connectivity index (χ1v) is 10.8. The summed E-state index contributed by atoms with van der Waals surface area (Å²) in [5.74, 6) is 0.681. The van der Waals surface area contributed by atoms with Crippen LogP contribution in [0.5, 0.6) is 0 Å². The number of nitrogens with one attached hydrogen (secondary N) is 3. The van der Waals surface area contributed by atoms with E-state index in [1.54, 1.807) is 43.6 Å². The summed E-state index contributed by atoms with van der Waals surface area (Å²) in [6.07, 6.45) is 2.43. The number of rotatable bonds is 6. The van der Waals surface area contributed by atoms with Gasteiger partial charge in [-0.15, -0.1) is 0 Å². The van der Waals surface area contributed by atoms with E-state index in [9.17, 15) is 12.8 Å². The van der Waals surface area contributed by atoms with E-state index in [-0.39, 0.29) is 16.8 Å². The molecule has 0 saturated carbocycles. The van der Waals surface area contributed by atoms with Gasteiger partial charge in [-0.1, -0.05) is 12.1 Å². The first-order valence-electron chi connectivity index (χ1n) is 9.28. The number of hydrogen-bond donors (Lipinski definition) is 3. The van der Waals surface area contributed by atoms with Crippen molar-refractivity contribution in [3.8, 4) is 0 Å². The first kappa shape index (κ1) is 21.0. The van der Waals surface area contributed by atoms with Gasteiger partial charge in [-0.3, -0.25) is 4.99 Å². The molecule has 1 aromatic heterocycles. The fourth-order valence-electron chi connectivity index (χ4n) is 3.16. The smallest absolute Gasteiger partial charge is 0.240 e. The SMILES string of the molecule is CN=C(NCc1ccc(S(=O)(=O)NC)cc1)NC1CCN(c2ncccc2F)C1. The van der Waals surface area contributed by atoms with E-state index in [4.69, 9.17) is 0 Å². The lowest BCUT2D eigenvalue weighted by atomic mass is 10.2. The molecule has 8 nitrogen and oxygen atoms in total. The molecule has 2 heterocycles. The predicted molar refractivity (Wildman–Crippen MR) is 111 cm³/mol. The molecule has 0 aliphatic carbocycles. The van der Waals surface area contributed by atoms with Crippen LogP contribution in [0.4, 0.5) is 10.2 Å². The number of pyridine rings is 1. The van der Waals surface area contributed by atoms with E-state index < -0.39 is 10.0 Å². The second-order valence-corrected chi connectivity index (χ2v) is 8.55. The molecule has 0 spiro atoms. The molecule has 10 heteroatoms. The van der Waals surface area contributed by atoms with Crippen LogP contribution in [0, 0.1) is 5.82 Å². The molecule has 0 radical (unpaired) electrons. The van der Waals surface area contributed by atoms with Gasteiger partial charge in [-0.25, -0.2) is 22.5 Å². The third-order valence-corrected chi connectivity index (χ3v) is 6.18. The molecule has 1 atom stereocenters. The Labute approximate surface area is 170 Å². The maximum Gasteiger partial charge on any atom is 0.240 e. The minimum absolute atomic E-state index is 0.116. The number of anilines is 1. The molecule has 1 saturated heterocycles. The largest absolute Gasteiger partial charge is 0.352 e. The average Bonchev–Trinajstić information content (AvgIpc) is 3.20. The summed E-state index contributed by atoms with van der Waals surface area (Å²) in [5.41, 5.74) is 0.923. The minimum Gasteiger partial charge on any atom is -0.352 e. The van der Waals surface area contributed by atoms with E-state index in [0.717, 1.165) is 12.0 Å². The van der Waals surface area contributed by atoms with Gasteiger partial charge >= 0.3 is 0 Å². The highest BCUT2D eigenvalue weighted by atomic mass is 32.2. The topological polar surface area (TPSA) is 98.7 Å². The van der Waals surface area contributed by atoms with Crippen LogP contribution in [0.3, 0.4) is 0 Å². The number of guanidine groups is 1. The molecule has 1 aliphatic heterocycles. The highest BCUT2D eigenvalue weighted by Crippen LogP contribution is 2.20. The summed E-state index contributed by atoms with van der Waals surface area (Å²) in [5, 5.41) is 6.56. The highest BCUT2D eigenvalue weighted by Gasteiger charge is 2.25. The maximum absolute atomic E-state index is 13.9. The van der Waals surface area contributed by atoms with Gasteiger partial charge in [0.15, 0.2) is 17.6 Å². The molecule has 0 amide bonds. The molecule has 1 aromatic carbocycles. The molecule has 3 N–H and O–H groups in total. The van der Waals surface area contributed by atoms with Crippen LogP contribution in [-0.2, 0) is 16.6 Å². The number of aliphatic imine (C=N–C) groups is 1. The van der Waals surface area contributed by atoms with Crippen LogP contribution in [0.25, 0.3) is 0 Å². The molecule has 2 aromatic rings. The Hall–Kier alpha value is -2.72. The Balaban J connectivity index is 1.53. The van der Waals surface area contributed by atoms with Crippen molar-refractivity contribution >= 4 is 21.8 Å². The third-order valence-electron chi connectivity index (χ3n) is 4.75. The Morgan fingerprint density at radius 2 is 2.07 bits per heavy atom. The number of aromatic nitrogens is 1. The van der Waals surface area contributed by atoms with Gasteiger partial charge in [0.25, 0.3) is 0 Å². The lowest BCUT2D eigenvalue weighted by Crippen LogP contribution is -2.44. The fraction of sp³-hybridized carbons (Fsp3) is 0.368. The van der Waals surface area contributed by atoms with Crippen molar-refractivity contribution in [3.63, 3.8) is 0 Å². The van der Waals surface area contributed by atoms with Crippen LogP contribution in [0.1, 0.15) is 12.0 Å². The summed E-state index contributed by atoms with van der Waals surface area (Å²) in [6, 6.07) is 9.75. The van der Waals surface area contributed by atoms with E-state index >= 15 is 0 Å². The van der Waals surface area contributed by atoms with Crippen molar-refractivity contribution in [2.45, 2.75) is 23.9 Å². The normalized spacial score (nSPS) is 17.4. The summed E-state index contributed by atoms with van der Waals surface area (Å²) < 4.78 is 39.8. The van der Waals surface area contributed by atoms with Gasteiger partial charge in [0.1, 0.15) is 0 Å². The predicted octanol–water partition coefficient (Wildman–Crippen LogP) is 1.07. The summed E-state index contributed by atoms with van der Waals surface area (Å²) >= 11 is 0. The van der Waals surface area contributed by atoms with Crippen molar-refractivity contribution < 1.29 is 12.8 Å². The molecule has 3 rings (SSSR count). The molecular formula is C19H25FN6O2S. The number of benzene rings is 1. The summed E-state index contributed by atoms with van der Waals surface area (Å²) in [7, 11) is -0.375. The van der Waals surface area contributed by atoms with Gasteiger partial charge < -0.3 is 15.5 Å². The van der Waals surface area contributed by atoms with Gasteiger partial charge in [-0.2, -0.15) is 0 Å². The van der Waals surface area contributed by atoms with Crippen LogP contribution in [0.2, 0.25) is 0 Å². The molecule has 0 bridgehead atoms. The second kappa shape index (κ2) is 9.19. The molecule has 29 heavy (non-hydrogen) atoms. The van der Waals surface area contributed by atoms with Gasteiger partial charge in [0.05, 0.1) is 4.90 Å². The lowest BCUT2D eigenvalue weighted by molar-refractivity contribution is 0.588. The number of sulfonamides is 1. The first-order chi connectivity index (χ1) is 13.9. The fourth-order valence-corrected chi connectivity index (χ4v) is 3.89. The molecule has 1 fully saturated rings. The van der Waals surface area contributed by atoms with Crippen molar-refractivity contribution in [2.75, 3.05) is 32.1 Å². The third kappa shape index (κ3) is 5.21. The second-order valence-electron chi connectivity index (χ2n) is 6.66. The molecule has 1 unspecified atom stereocenters. The Kier molecular flexibility index (Phi) is 6.65. The molecular weight excluding hydrogens is 395 g/mol. The Morgan fingerprint density at radius 1 is 1.31 bits per heavy atom. The van der Waals surface area contributed by atoms with E-state index in [0.29, 0.717) is 31.4 Å². The zero-order valence-electron chi connectivity index (χ0n) is 16.4. The monoisotopic (exact) mass is 420 g/mol. The zero-order valence-corrected chi connectivity index (χ0v) is 17.2. The highest BCUT2D eigenvalue weighted by molar-refractivity contribution is 7.89. The zero-order chi connectivity index (χ0) is 20.9. The summed E-state index contributed by atoms with van der Waals surface area (Å²) in [6.45, 7) is 1.83. The van der Waals surface area contributed by atoms with Crippen molar-refractivity contribution in [1.29, 1.82) is 0 Å². The average molecular weight is 421 g/mol. The van der Waals surface area contributed by atoms with Gasteiger partial charge in [0, 0.05) is 38.9 Å². The molecule has 156 valence electrons. The quantitative estimate of drug-likeness (QED) is 0.478. The number of hydrogen-bond acceptors (Lipinski definition) is 5. The van der Waals surface area contributed by atoms with E-state index in [2.05, 4.69) is 25.3 Å². The Morgan fingerprint density at radius 3 is 2.72 bits per heavy atom. The van der Waals surface area contributed by atoms with Gasteiger partial charge in [-0.05, 0) is 43.3 Å². The lowest BCUT2D eigenvalue weighted by Gasteiger charge is -2.20. The van der Waals surface area contributed by atoms with E-state index in [1.165, 1.54) is 13.1 Å². The van der Waals surface area contributed by atoms with Crippen LogP contribution >= 0.6 is 0 Å².